The van der Waals surface area contributed by atoms with E-state index in [2.05, 4.69) is 15.7 Å². The van der Waals surface area contributed by atoms with Gasteiger partial charge in [-0.1, -0.05) is 13.8 Å². The van der Waals surface area contributed by atoms with E-state index in [1.807, 2.05) is 13.8 Å². The largest absolute Gasteiger partial charge is 0.462 e. The summed E-state index contributed by atoms with van der Waals surface area (Å²) in [6, 6.07) is 4.36. The first-order valence-corrected chi connectivity index (χ1v) is 21.0. The molecule has 2 aliphatic rings. The van der Waals surface area contributed by atoms with Crippen molar-refractivity contribution in [1.29, 1.82) is 0 Å². The average molecular weight is 828 g/mol. The molecule has 312 valence electrons. The number of nitrogens with two attached hydrogens (primary N) is 3. The molecule has 0 spiro atoms. The molecule has 1 atom stereocenters. The number of alkyl halides is 3. The van der Waals surface area contributed by atoms with Crippen molar-refractivity contribution in [3.8, 4) is 5.69 Å². The Bertz CT molecular complexity index is 1820. The lowest BCUT2D eigenvalue weighted by molar-refractivity contribution is -0.150. The van der Waals surface area contributed by atoms with Crippen molar-refractivity contribution in [2.24, 2.45) is 22.6 Å². The minimum absolute atomic E-state index is 0.0123. The molecule has 22 heteroatoms. The SMILES string of the molecule is CC1(C)CC(=O)c2c(C(F)(F)F)nn(-c3ccc(C(N)=O)c(NC4CCC(OC(=O)CCNC[C@@H](N)CCCN)CC4)c3)c2C1.CS(=O)(=O)O.CS(=O)(=O)O. The van der Waals surface area contributed by atoms with Crippen LogP contribution in [0.5, 0.6) is 0 Å². The molecule has 1 aromatic carbocycles. The molecule has 0 saturated heterocycles. The summed E-state index contributed by atoms with van der Waals surface area (Å²) in [5.41, 5.74) is 16.0. The van der Waals surface area contributed by atoms with Gasteiger partial charge >= 0.3 is 12.1 Å². The van der Waals surface area contributed by atoms with Gasteiger partial charge in [-0.15, -0.1) is 0 Å². The predicted molar refractivity (Wildman–Crippen MR) is 198 cm³/mol. The highest BCUT2D eigenvalue weighted by atomic mass is 32.2. The van der Waals surface area contributed by atoms with Gasteiger partial charge < -0.3 is 32.6 Å². The molecule has 4 rings (SSSR count). The van der Waals surface area contributed by atoms with Crippen LogP contribution in [0.1, 0.15) is 97.3 Å². The molecule has 1 amide bonds. The van der Waals surface area contributed by atoms with Gasteiger partial charge in [-0.25, -0.2) is 4.68 Å². The van der Waals surface area contributed by atoms with Crippen molar-refractivity contribution < 1.29 is 58.2 Å². The van der Waals surface area contributed by atoms with Gasteiger partial charge in [0, 0.05) is 37.3 Å². The highest BCUT2D eigenvalue weighted by Gasteiger charge is 2.45. The maximum Gasteiger partial charge on any atom is 0.435 e. The molecule has 1 heterocycles. The number of carbonyl (C=O) groups excluding carboxylic acids is 3. The van der Waals surface area contributed by atoms with Crippen LogP contribution in [0, 0.1) is 5.41 Å². The molecule has 17 nitrogen and oxygen atoms in total. The van der Waals surface area contributed by atoms with E-state index < -0.39 is 54.8 Å². The third-order valence-electron chi connectivity index (χ3n) is 8.35. The zero-order valence-corrected chi connectivity index (χ0v) is 32.8. The highest BCUT2D eigenvalue weighted by Crippen LogP contribution is 2.42. The minimum atomic E-state index is -4.81. The van der Waals surface area contributed by atoms with Gasteiger partial charge in [0.05, 0.1) is 41.4 Å². The molecule has 0 unspecified atom stereocenters. The first kappa shape index (κ1) is 47.5. The Morgan fingerprint density at radius 3 is 2.18 bits per heavy atom. The number of nitrogens with zero attached hydrogens (tertiary/aromatic N) is 2. The molecule has 55 heavy (non-hydrogen) atoms. The number of hydrogen-bond donors (Lipinski definition) is 7. The number of benzene rings is 1. The molecule has 1 saturated carbocycles. The van der Waals surface area contributed by atoms with E-state index in [0.29, 0.717) is 63.5 Å². The van der Waals surface area contributed by atoms with Crippen molar-refractivity contribution >= 4 is 43.6 Å². The maximum atomic E-state index is 13.9. The third kappa shape index (κ3) is 17.3. The highest BCUT2D eigenvalue weighted by molar-refractivity contribution is 7.85. The van der Waals surface area contributed by atoms with Crippen molar-refractivity contribution in [2.75, 3.05) is 37.5 Å². The Morgan fingerprint density at radius 1 is 1.07 bits per heavy atom. The van der Waals surface area contributed by atoms with Crippen LogP contribution in [0.3, 0.4) is 0 Å². The fourth-order valence-corrected chi connectivity index (χ4v) is 6.11. The number of primary amides is 1. The molecule has 1 aromatic heterocycles. The van der Waals surface area contributed by atoms with E-state index in [1.54, 1.807) is 6.07 Å². The van der Waals surface area contributed by atoms with E-state index in [9.17, 15) is 44.4 Å². The molecule has 1 fully saturated rings. The number of fused-ring (bicyclic) bond motifs is 1. The van der Waals surface area contributed by atoms with Gasteiger partial charge in [-0.3, -0.25) is 23.5 Å². The second-order valence-corrected chi connectivity index (χ2v) is 17.3. The monoisotopic (exact) mass is 827 g/mol. The number of hydrogen-bond acceptors (Lipinski definition) is 13. The fraction of sp³-hybridized carbons (Fsp3) is 0.636. The minimum Gasteiger partial charge on any atom is -0.462 e. The van der Waals surface area contributed by atoms with Gasteiger partial charge in [-0.05, 0) is 75.1 Å². The molecule has 0 radical (unpaired) electrons. The number of aromatic nitrogens is 2. The van der Waals surface area contributed by atoms with Crippen LogP contribution in [0.2, 0.25) is 0 Å². The number of carbonyl (C=O) groups is 3. The van der Waals surface area contributed by atoms with E-state index in [4.69, 9.17) is 31.0 Å². The maximum absolute atomic E-state index is 13.9. The van der Waals surface area contributed by atoms with Crippen LogP contribution in [-0.2, 0) is 42.4 Å². The summed E-state index contributed by atoms with van der Waals surface area (Å²) in [5.74, 6) is -1.58. The summed E-state index contributed by atoms with van der Waals surface area (Å²) in [5, 5.41) is 10.3. The summed E-state index contributed by atoms with van der Waals surface area (Å²) >= 11 is 0. The van der Waals surface area contributed by atoms with E-state index in [1.165, 1.54) is 12.1 Å². The number of Topliss-reactive ketones (excluding diaryl/α,β-unsaturated/α-hetero) is 1. The van der Waals surface area contributed by atoms with Crippen LogP contribution in [0.25, 0.3) is 5.69 Å². The summed E-state index contributed by atoms with van der Waals surface area (Å²) in [4.78, 5) is 37.4. The summed E-state index contributed by atoms with van der Waals surface area (Å²) < 4.78 is 100. The Hall–Kier alpha value is -3.67. The number of nitrogens with one attached hydrogen (secondary N) is 2. The van der Waals surface area contributed by atoms with Gasteiger partial charge in [0.2, 0.25) is 0 Å². The Balaban J connectivity index is 0.000000926. The molecular weight excluding hydrogens is 776 g/mol. The standard InChI is InChI=1S/C31H44F3N7O4.2CH4O3S/c1-30(2)15-24-27(25(42)16-30)28(31(32,33)34)40-41(24)20-7-10-22(29(37)44)23(14-20)39-19-5-8-21(9-6-19)45-26(43)11-13-38-17-18(36)4-3-12-35;2*1-5(2,3)4/h7,10,14,18-19,21,38-39H,3-6,8-9,11-13,15-17,35-36H2,1-2H3,(H2,37,44);2*1H3,(H,2,3,4)/t18-,19?,21?;;/m0../s1. The van der Waals surface area contributed by atoms with Crippen LogP contribution in [0.4, 0.5) is 18.9 Å². The molecule has 10 N–H and O–H groups in total. The van der Waals surface area contributed by atoms with Crippen LogP contribution >= 0.6 is 0 Å². The third-order valence-corrected chi connectivity index (χ3v) is 8.35. The first-order chi connectivity index (χ1) is 25.2. The second kappa shape index (κ2) is 20.0. The summed E-state index contributed by atoms with van der Waals surface area (Å²) in [7, 11) is -7.33. The van der Waals surface area contributed by atoms with Crippen molar-refractivity contribution in [3.63, 3.8) is 0 Å². The lowest BCUT2D eigenvalue weighted by Gasteiger charge is -2.30. The van der Waals surface area contributed by atoms with Crippen LogP contribution in [-0.4, -0.2) is 104 Å². The molecule has 2 aromatic rings. The molecule has 0 bridgehead atoms. The van der Waals surface area contributed by atoms with E-state index in [-0.39, 0.29) is 60.4 Å². The molecule has 0 aliphatic heterocycles. The van der Waals surface area contributed by atoms with Crippen molar-refractivity contribution in [1.82, 2.24) is 15.1 Å². The van der Waals surface area contributed by atoms with Gasteiger partial charge in [0.15, 0.2) is 11.5 Å². The molecule has 2 aliphatic carbocycles. The normalized spacial score (nSPS) is 18.8. The predicted octanol–water partition coefficient (Wildman–Crippen LogP) is 2.47. The summed E-state index contributed by atoms with van der Waals surface area (Å²) in [6.45, 7) is 5.31. The van der Waals surface area contributed by atoms with Gasteiger partial charge in [0.1, 0.15) is 6.10 Å². The van der Waals surface area contributed by atoms with Crippen molar-refractivity contribution in [3.05, 3.63) is 40.7 Å². The quantitative estimate of drug-likeness (QED) is 0.0867. The number of halogens is 3. The topological polar surface area (TPSA) is 289 Å². The number of ether oxygens (including phenoxy) is 1. The smallest absolute Gasteiger partial charge is 0.435 e. The number of amides is 1. The van der Waals surface area contributed by atoms with E-state index >= 15 is 0 Å². The fourth-order valence-electron chi connectivity index (χ4n) is 6.11. The Labute approximate surface area is 318 Å². The van der Waals surface area contributed by atoms with Crippen molar-refractivity contribution in [2.45, 2.75) is 96.0 Å². The number of esters is 1. The van der Waals surface area contributed by atoms with Gasteiger partial charge in [0.25, 0.3) is 26.1 Å². The lowest BCUT2D eigenvalue weighted by Crippen LogP contribution is -2.36. The average Bonchev–Trinajstić information content (AvgIpc) is 3.41. The molecular formula is C33H52F3N7O10S2. The Morgan fingerprint density at radius 2 is 1.65 bits per heavy atom. The van der Waals surface area contributed by atoms with Crippen LogP contribution < -0.4 is 27.8 Å². The van der Waals surface area contributed by atoms with Gasteiger partial charge in [-0.2, -0.15) is 35.1 Å². The Kier molecular flexibility index (Phi) is 17.2. The lowest BCUT2D eigenvalue weighted by atomic mass is 9.75. The zero-order valence-electron chi connectivity index (χ0n) is 31.2. The van der Waals surface area contributed by atoms with Crippen LogP contribution in [0.15, 0.2) is 18.2 Å². The number of ketones is 1. The summed E-state index contributed by atoms with van der Waals surface area (Å²) in [6.07, 6.45) is 0.967. The zero-order chi connectivity index (χ0) is 41.9. The number of rotatable bonds is 13. The van der Waals surface area contributed by atoms with E-state index in [0.717, 1.165) is 17.5 Å². The first-order valence-electron chi connectivity index (χ1n) is 17.3. The second-order valence-electron chi connectivity index (χ2n) is 14.3. The number of anilines is 1.